The van der Waals surface area contributed by atoms with Gasteiger partial charge in [0, 0.05) is 57.9 Å². The van der Waals surface area contributed by atoms with Gasteiger partial charge in [-0.25, -0.2) is 9.97 Å². The van der Waals surface area contributed by atoms with E-state index in [1.165, 1.54) is 0 Å². The summed E-state index contributed by atoms with van der Waals surface area (Å²) in [6, 6.07) is 3.59. The molecule has 2 aromatic heterocycles. The third kappa shape index (κ3) is 5.45. The maximum absolute atomic E-state index is 12.1. The Bertz CT molecular complexity index is 599. The summed E-state index contributed by atoms with van der Waals surface area (Å²) < 4.78 is 1.80. The van der Waals surface area contributed by atoms with Crippen molar-refractivity contribution in [2.24, 2.45) is 0 Å². The lowest BCUT2D eigenvalue weighted by Crippen LogP contribution is -2.46. The van der Waals surface area contributed by atoms with E-state index in [-0.39, 0.29) is 30.7 Å². The predicted octanol–water partition coefficient (Wildman–Crippen LogP) is 0.746. The lowest BCUT2D eigenvalue weighted by atomic mass is 10.2. The fraction of sp³-hybridized carbons (Fsp3) is 0.400. The van der Waals surface area contributed by atoms with Crippen LogP contribution in [-0.2, 0) is 0 Å². The second-order valence-corrected chi connectivity index (χ2v) is 5.22. The molecule has 0 saturated carbocycles. The van der Waals surface area contributed by atoms with E-state index in [1.807, 2.05) is 12.3 Å². The van der Waals surface area contributed by atoms with Gasteiger partial charge in [0.05, 0.1) is 5.56 Å². The Morgan fingerprint density at radius 1 is 1.25 bits per heavy atom. The molecular weight excluding hydrogens is 351 g/mol. The fourth-order valence-electron chi connectivity index (χ4n) is 2.43. The van der Waals surface area contributed by atoms with Crippen LogP contribution in [0.1, 0.15) is 10.4 Å². The number of pyridine rings is 1. The van der Waals surface area contributed by atoms with E-state index in [4.69, 9.17) is 0 Å². The number of amides is 1. The summed E-state index contributed by atoms with van der Waals surface area (Å²) in [6.45, 7) is 5.66. The molecule has 1 fully saturated rings. The van der Waals surface area contributed by atoms with Gasteiger partial charge in [-0.2, -0.15) is 0 Å². The van der Waals surface area contributed by atoms with Gasteiger partial charge in [0.2, 0.25) is 0 Å². The molecule has 0 bridgehead atoms. The number of aromatic nitrogens is 3. The molecule has 3 rings (SSSR count). The third-order valence-electron chi connectivity index (χ3n) is 3.70. The normalized spacial score (nSPS) is 14.3. The zero-order valence-electron chi connectivity index (χ0n) is 13.2. The molecule has 0 aromatic carbocycles. The van der Waals surface area contributed by atoms with E-state index in [1.54, 1.807) is 29.4 Å². The number of carbonyl (C=O) groups is 1. The van der Waals surface area contributed by atoms with Gasteiger partial charge in [-0.1, -0.05) is 0 Å². The molecule has 7 nitrogen and oxygen atoms in total. The molecule has 0 atom stereocenters. The highest BCUT2D eigenvalue weighted by atomic mass is 35.5. The van der Waals surface area contributed by atoms with Crippen LogP contribution in [0.25, 0.3) is 5.82 Å². The van der Waals surface area contributed by atoms with E-state index in [2.05, 4.69) is 25.5 Å². The summed E-state index contributed by atoms with van der Waals surface area (Å²) >= 11 is 0. The van der Waals surface area contributed by atoms with Gasteiger partial charge in [0.1, 0.15) is 12.1 Å². The number of nitrogens with zero attached hydrogens (tertiary/aromatic N) is 4. The van der Waals surface area contributed by atoms with Gasteiger partial charge in [0.15, 0.2) is 0 Å². The van der Waals surface area contributed by atoms with Gasteiger partial charge >= 0.3 is 0 Å². The topological polar surface area (TPSA) is 75.1 Å². The van der Waals surface area contributed by atoms with Crippen LogP contribution in [0.5, 0.6) is 0 Å². The molecule has 1 aliphatic heterocycles. The third-order valence-corrected chi connectivity index (χ3v) is 3.70. The zero-order chi connectivity index (χ0) is 15.2. The molecule has 24 heavy (non-hydrogen) atoms. The standard InChI is InChI=1S/C15H20N6O.2ClH/c22-15(18-6-9-20-7-3-16-4-8-20)13-1-2-14(19-11-13)21-10-5-17-12-21;;/h1-2,5,10-12,16H,3-4,6-9H2,(H,18,22);2*1H. The highest BCUT2D eigenvalue weighted by molar-refractivity contribution is 5.93. The van der Waals surface area contributed by atoms with E-state index in [0.29, 0.717) is 12.1 Å². The quantitative estimate of drug-likeness (QED) is 0.809. The second kappa shape index (κ2) is 10.2. The maximum Gasteiger partial charge on any atom is 0.252 e. The predicted molar refractivity (Wildman–Crippen MR) is 97.5 cm³/mol. The number of rotatable bonds is 5. The lowest BCUT2D eigenvalue weighted by Gasteiger charge is -2.27. The molecule has 9 heteroatoms. The van der Waals surface area contributed by atoms with Gasteiger partial charge in [-0.15, -0.1) is 24.8 Å². The minimum absolute atomic E-state index is 0. The summed E-state index contributed by atoms with van der Waals surface area (Å²) in [5, 5.41) is 6.25. The second-order valence-electron chi connectivity index (χ2n) is 5.22. The number of hydrogen-bond donors (Lipinski definition) is 2. The van der Waals surface area contributed by atoms with Crippen molar-refractivity contribution in [2.75, 3.05) is 39.3 Å². The minimum Gasteiger partial charge on any atom is -0.351 e. The SMILES string of the molecule is Cl.Cl.O=C(NCCN1CCNCC1)c1ccc(-n2ccnc2)nc1. The molecule has 2 aromatic rings. The Labute approximate surface area is 153 Å². The van der Waals surface area contributed by atoms with Crippen LogP contribution in [0, 0.1) is 0 Å². The van der Waals surface area contributed by atoms with Gasteiger partial charge in [-0.05, 0) is 12.1 Å². The van der Waals surface area contributed by atoms with E-state index in [9.17, 15) is 4.79 Å². The first-order valence-electron chi connectivity index (χ1n) is 7.48. The number of piperazine rings is 1. The Kier molecular flexibility index (Phi) is 8.70. The molecular formula is C15H22Cl2N6O. The Balaban J connectivity index is 0.00000144. The van der Waals surface area contributed by atoms with Crippen molar-refractivity contribution in [3.05, 3.63) is 42.6 Å². The molecule has 2 N–H and O–H groups in total. The van der Waals surface area contributed by atoms with Crippen molar-refractivity contribution >= 4 is 30.7 Å². The van der Waals surface area contributed by atoms with Gasteiger partial charge in [-0.3, -0.25) is 14.3 Å². The van der Waals surface area contributed by atoms with Crippen LogP contribution in [-0.4, -0.2) is 64.6 Å². The van der Waals surface area contributed by atoms with Crippen molar-refractivity contribution in [1.29, 1.82) is 0 Å². The van der Waals surface area contributed by atoms with Crippen LogP contribution in [0.15, 0.2) is 37.1 Å². The molecule has 0 unspecified atom stereocenters. The first-order chi connectivity index (χ1) is 10.8. The van der Waals surface area contributed by atoms with Crippen LogP contribution in [0.2, 0.25) is 0 Å². The zero-order valence-corrected chi connectivity index (χ0v) is 14.9. The molecule has 1 saturated heterocycles. The highest BCUT2D eigenvalue weighted by Gasteiger charge is 2.10. The highest BCUT2D eigenvalue weighted by Crippen LogP contribution is 2.05. The monoisotopic (exact) mass is 372 g/mol. The Morgan fingerprint density at radius 3 is 2.67 bits per heavy atom. The number of carbonyl (C=O) groups excluding carboxylic acids is 1. The summed E-state index contributed by atoms with van der Waals surface area (Å²) in [5.74, 6) is 0.662. The molecule has 0 radical (unpaired) electrons. The van der Waals surface area contributed by atoms with Crippen LogP contribution in [0.3, 0.4) is 0 Å². The summed E-state index contributed by atoms with van der Waals surface area (Å²) in [6.07, 6.45) is 6.78. The number of nitrogens with one attached hydrogen (secondary N) is 2. The Morgan fingerprint density at radius 2 is 2.04 bits per heavy atom. The first kappa shape index (κ1) is 20.4. The number of hydrogen-bond acceptors (Lipinski definition) is 5. The van der Waals surface area contributed by atoms with Crippen molar-refractivity contribution in [1.82, 2.24) is 30.1 Å². The smallest absolute Gasteiger partial charge is 0.252 e. The first-order valence-corrected chi connectivity index (χ1v) is 7.48. The van der Waals surface area contributed by atoms with Crippen LogP contribution in [0.4, 0.5) is 0 Å². The van der Waals surface area contributed by atoms with Crippen molar-refractivity contribution in [3.8, 4) is 5.82 Å². The number of imidazole rings is 1. The minimum atomic E-state index is -0.0835. The molecule has 0 spiro atoms. The van der Waals surface area contributed by atoms with E-state index >= 15 is 0 Å². The Hall–Kier alpha value is -1.67. The summed E-state index contributed by atoms with van der Waals surface area (Å²) in [4.78, 5) is 22.7. The van der Waals surface area contributed by atoms with Gasteiger partial charge < -0.3 is 10.6 Å². The van der Waals surface area contributed by atoms with Crippen molar-refractivity contribution in [3.63, 3.8) is 0 Å². The van der Waals surface area contributed by atoms with E-state index in [0.717, 1.165) is 38.5 Å². The largest absolute Gasteiger partial charge is 0.351 e. The molecule has 1 amide bonds. The molecule has 132 valence electrons. The fourth-order valence-corrected chi connectivity index (χ4v) is 2.43. The van der Waals surface area contributed by atoms with Crippen LogP contribution < -0.4 is 10.6 Å². The van der Waals surface area contributed by atoms with Crippen molar-refractivity contribution in [2.45, 2.75) is 0 Å². The number of halogens is 2. The summed E-state index contributed by atoms with van der Waals surface area (Å²) in [5.41, 5.74) is 0.573. The van der Waals surface area contributed by atoms with Crippen LogP contribution >= 0.6 is 24.8 Å². The summed E-state index contributed by atoms with van der Waals surface area (Å²) in [7, 11) is 0. The van der Waals surface area contributed by atoms with E-state index < -0.39 is 0 Å². The molecule has 0 aliphatic carbocycles. The maximum atomic E-state index is 12.1. The lowest BCUT2D eigenvalue weighted by molar-refractivity contribution is 0.0947. The van der Waals surface area contributed by atoms with Gasteiger partial charge in [0.25, 0.3) is 5.91 Å². The van der Waals surface area contributed by atoms with Crippen molar-refractivity contribution < 1.29 is 4.79 Å². The molecule has 3 heterocycles. The molecule has 1 aliphatic rings. The average molecular weight is 373 g/mol. The average Bonchev–Trinajstić information content (AvgIpc) is 3.10.